The summed E-state index contributed by atoms with van der Waals surface area (Å²) in [5.74, 6) is 0.701. The number of nitrogens with zero attached hydrogens (tertiary/aromatic N) is 3. The van der Waals surface area contributed by atoms with Crippen molar-refractivity contribution in [2.75, 3.05) is 26.2 Å². The topological polar surface area (TPSA) is 42.3 Å². The van der Waals surface area contributed by atoms with Crippen LogP contribution in [-0.4, -0.2) is 53.6 Å². The van der Waals surface area contributed by atoms with Crippen LogP contribution >= 0.6 is 0 Å². The summed E-state index contributed by atoms with van der Waals surface area (Å²) in [6, 6.07) is 25.4. The van der Waals surface area contributed by atoms with Gasteiger partial charge in [-0.2, -0.15) is 5.26 Å². The average molecular weight is 401 g/mol. The van der Waals surface area contributed by atoms with Gasteiger partial charge in [0.1, 0.15) is 0 Å². The molecule has 1 saturated carbocycles. The Morgan fingerprint density at radius 1 is 0.967 bits per heavy atom. The van der Waals surface area contributed by atoms with Crippen molar-refractivity contribution in [3.63, 3.8) is 0 Å². The number of hydrogen-bond acceptors (Lipinski definition) is 4. The number of likely N-dealkylation sites (tertiary alicyclic amines) is 2. The summed E-state index contributed by atoms with van der Waals surface area (Å²) < 4.78 is 0. The Hall–Kier alpha value is -2.19. The molecule has 2 saturated heterocycles. The van der Waals surface area contributed by atoms with Crippen LogP contribution in [0.1, 0.15) is 42.7 Å². The molecule has 0 radical (unpaired) electrons. The van der Waals surface area contributed by atoms with E-state index in [1.165, 1.54) is 30.4 Å². The fourth-order valence-corrected chi connectivity index (χ4v) is 5.58. The summed E-state index contributed by atoms with van der Waals surface area (Å²) in [4.78, 5) is 5.11. The highest BCUT2D eigenvalue weighted by Gasteiger charge is 2.48. The molecule has 2 unspecified atom stereocenters. The van der Waals surface area contributed by atoms with Gasteiger partial charge in [0, 0.05) is 50.7 Å². The van der Waals surface area contributed by atoms with Crippen LogP contribution in [0, 0.1) is 11.3 Å². The number of nitriles is 1. The second-order valence-electron chi connectivity index (χ2n) is 9.48. The predicted octanol–water partition coefficient (Wildman–Crippen LogP) is 3.76. The van der Waals surface area contributed by atoms with Gasteiger partial charge in [-0.05, 0) is 30.4 Å². The molecule has 1 N–H and O–H groups in total. The van der Waals surface area contributed by atoms with E-state index < -0.39 is 0 Å². The minimum absolute atomic E-state index is 0.0701. The van der Waals surface area contributed by atoms with Crippen LogP contribution < -0.4 is 5.32 Å². The SMILES string of the molecule is N#CCC1(N2CCC(NC3CC3c3ccccc3)CC2)CN(Cc2ccccc2)C1. The molecule has 30 heavy (non-hydrogen) atoms. The Balaban J connectivity index is 1.11. The lowest BCUT2D eigenvalue weighted by atomic mass is 9.82. The molecule has 2 aromatic carbocycles. The van der Waals surface area contributed by atoms with E-state index in [4.69, 9.17) is 0 Å². The second-order valence-corrected chi connectivity index (χ2v) is 9.48. The fourth-order valence-electron chi connectivity index (χ4n) is 5.58. The van der Waals surface area contributed by atoms with Crippen LogP contribution in [0.2, 0.25) is 0 Å². The van der Waals surface area contributed by atoms with Crippen molar-refractivity contribution < 1.29 is 0 Å². The van der Waals surface area contributed by atoms with Crippen molar-refractivity contribution in [2.24, 2.45) is 0 Å². The molecule has 3 fully saturated rings. The van der Waals surface area contributed by atoms with Crippen molar-refractivity contribution in [3.05, 3.63) is 71.8 Å². The molecule has 0 spiro atoms. The zero-order valence-electron chi connectivity index (χ0n) is 17.7. The Bertz CT molecular complexity index is 861. The monoisotopic (exact) mass is 400 g/mol. The van der Waals surface area contributed by atoms with Gasteiger partial charge in [0.15, 0.2) is 0 Å². The zero-order valence-corrected chi connectivity index (χ0v) is 17.7. The van der Waals surface area contributed by atoms with Crippen molar-refractivity contribution in [3.8, 4) is 6.07 Å². The lowest BCUT2D eigenvalue weighted by Crippen LogP contribution is -2.71. The highest BCUT2D eigenvalue weighted by Crippen LogP contribution is 2.42. The molecule has 5 rings (SSSR count). The molecule has 0 amide bonds. The first-order valence-electron chi connectivity index (χ1n) is 11.4. The first-order valence-corrected chi connectivity index (χ1v) is 11.4. The maximum Gasteiger partial charge on any atom is 0.0642 e. The quantitative estimate of drug-likeness (QED) is 0.768. The minimum atomic E-state index is 0.0701. The number of hydrogen-bond donors (Lipinski definition) is 1. The normalized spacial score (nSPS) is 26.6. The summed E-state index contributed by atoms with van der Waals surface area (Å²) in [6.07, 6.45) is 4.32. The lowest BCUT2D eigenvalue weighted by molar-refractivity contribution is -0.0674. The molecule has 3 aliphatic rings. The van der Waals surface area contributed by atoms with Gasteiger partial charge in [0.2, 0.25) is 0 Å². The maximum absolute atomic E-state index is 9.48. The van der Waals surface area contributed by atoms with Crippen LogP contribution in [0.4, 0.5) is 0 Å². The third kappa shape index (κ3) is 4.16. The van der Waals surface area contributed by atoms with Crippen LogP contribution in [0.5, 0.6) is 0 Å². The fraction of sp³-hybridized carbons (Fsp3) is 0.500. The Kier molecular flexibility index (Phi) is 5.60. The summed E-state index contributed by atoms with van der Waals surface area (Å²) in [5, 5.41) is 13.4. The third-order valence-electron chi connectivity index (χ3n) is 7.33. The van der Waals surface area contributed by atoms with E-state index in [1.807, 2.05) is 0 Å². The van der Waals surface area contributed by atoms with Crippen molar-refractivity contribution >= 4 is 0 Å². The highest BCUT2D eigenvalue weighted by atomic mass is 15.4. The van der Waals surface area contributed by atoms with Gasteiger partial charge in [-0.15, -0.1) is 0 Å². The van der Waals surface area contributed by atoms with Crippen LogP contribution in [0.25, 0.3) is 0 Å². The van der Waals surface area contributed by atoms with Crippen LogP contribution in [-0.2, 0) is 6.54 Å². The second kappa shape index (κ2) is 8.51. The Labute approximate surface area is 180 Å². The minimum Gasteiger partial charge on any atom is -0.311 e. The van der Waals surface area contributed by atoms with Gasteiger partial charge in [0.25, 0.3) is 0 Å². The number of rotatable bonds is 7. The maximum atomic E-state index is 9.48. The summed E-state index contributed by atoms with van der Waals surface area (Å²) in [6.45, 7) is 5.26. The molecule has 2 atom stereocenters. The smallest absolute Gasteiger partial charge is 0.0642 e. The van der Waals surface area contributed by atoms with Crippen molar-refractivity contribution in [1.82, 2.24) is 15.1 Å². The van der Waals surface area contributed by atoms with Gasteiger partial charge in [-0.25, -0.2) is 0 Å². The van der Waals surface area contributed by atoms with Gasteiger partial charge in [-0.3, -0.25) is 9.80 Å². The summed E-state index contributed by atoms with van der Waals surface area (Å²) in [7, 11) is 0. The van der Waals surface area contributed by atoms with Gasteiger partial charge < -0.3 is 5.32 Å². The zero-order chi connectivity index (χ0) is 20.4. The number of nitrogens with one attached hydrogen (secondary N) is 1. The van der Waals surface area contributed by atoms with E-state index in [9.17, 15) is 5.26 Å². The van der Waals surface area contributed by atoms with E-state index in [1.54, 1.807) is 0 Å². The first kappa shape index (κ1) is 19.8. The van der Waals surface area contributed by atoms with E-state index in [0.29, 0.717) is 24.4 Å². The Morgan fingerprint density at radius 2 is 1.63 bits per heavy atom. The van der Waals surface area contributed by atoms with Gasteiger partial charge in [0.05, 0.1) is 18.0 Å². The van der Waals surface area contributed by atoms with Gasteiger partial charge in [-0.1, -0.05) is 60.7 Å². The molecular weight excluding hydrogens is 368 g/mol. The average Bonchev–Trinajstić information content (AvgIpc) is 3.53. The van der Waals surface area contributed by atoms with Gasteiger partial charge >= 0.3 is 0 Å². The number of benzene rings is 2. The molecule has 2 heterocycles. The predicted molar refractivity (Wildman–Crippen MR) is 120 cm³/mol. The summed E-state index contributed by atoms with van der Waals surface area (Å²) >= 11 is 0. The van der Waals surface area contributed by atoms with Crippen LogP contribution in [0.3, 0.4) is 0 Å². The number of piperidine rings is 1. The molecule has 4 heteroatoms. The highest BCUT2D eigenvalue weighted by molar-refractivity contribution is 5.28. The standard InChI is InChI=1S/C26H32N4/c27-14-13-26(19-29(20-26)18-21-7-3-1-4-8-21)30-15-11-23(12-16-30)28-25-17-24(25)22-9-5-2-6-10-22/h1-10,23-25,28H,11-13,15-20H2. The molecule has 2 aliphatic heterocycles. The largest absolute Gasteiger partial charge is 0.311 e. The first-order chi connectivity index (χ1) is 14.8. The molecule has 1 aliphatic carbocycles. The molecule has 0 bridgehead atoms. The molecule has 156 valence electrons. The molecular formula is C26H32N4. The van der Waals surface area contributed by atoms with E-state index in [0.717, 1.165) is 32.7 Å². The molecule has 2 aromatic rings. The lowest BCUT2D eigenvalue weighted by Gasteiger charge is -2.57. The van der Waals surface area contributed by atoms with Crippen molar-refractivity contribution in [1.29, 1.82) is 5.26 Å². The van der Waals surface area contributed by atoms with Crippen LogP contribution in [0.15, 0.2) is 60.7 Å². The Morgan fingerprint density at radius 3 is 2.30 bits per heavy atom. The summed E-state index contributed by atoms with van der Waals surface area (Å²) in [5.41, 5.74) is 2.91. The van der Waals surface area contributed by atoms with Crippen molar-refractivity contribution in [2.45, 2.75) is 55.8 Å². The third-order valence-corrected chi connectivity index (χ3v) is 7.33. The molecule has 0 aromatic heterocycles. The van der Waals surface area contributed by atoms with E-state index in [-0.39, 0.29) is 5.54 Å². The van der Waals surface area contributed by atoms with E-state index >= 15 is 0 Å². The van der Waals surface area contributed by atoms with E-state index in [2.05, 4.69) is 81.8 Å². The molecule has 4 nitrogen and oxygen atoms in total.